The Hall–Kier alpha value is -1.60. The average Bonchev–Trinajstić information content (AvgIpc) is 2.62. The maximum atomic E-state index is 2.69. The van der Waals surface area contributed by atoms with Gasteiger partial charge in [-0.25, -0.2) is 0 Å². The van der Waals surface area contributed by atoms with Crippen molar-refractivity contribution in [1.82, 2.24) is 4.90 Å². The molecule has 124 valence electrons. The van der Waals surface area contributed by atoms with Gasteiger partial charge in [0.2, 0.25) is 0 Å². The summed E-state index contributed by atoms with van der Waals surface area (Å²) in [6.07, 6.45) is 5.09. The zero-order valence-electron chi connectivity index (χ0n) is 14.9. The summed E-state index contributed by atoms with van der Waals surface area (Å²) < 4.78 is 0. The lowest BCUT2D eigenvalue weighted by atomic mass is 9.99. The predicted octanol–water partition coefficient (Wildman–Crippen LogP) is 6.22. The Morgan fingerprint density at radius 1 is 0.870 bits per heavy atom. The fourth-order valence-corrected chi connectivity index (χ4v) is 3.34. The van der Waals surface area contributed by atoms with E-state index in [1.807, 2.05) is 0 Å². The first-order valence-electron chi connectivity index (χ1n) is 9.10. The van der Waals surface area contributed by atoms with Crippen LogP contribution in [0.4, 0.5) is 0 Å². The second kappa shape index (κ2) is 9.52. The van der Waals surface area contributed by atoms with Gasteiger partial charge in [0.05, 0.1) is 0 Å². The summed E-state index contributed by atoms with van der Waals surface area (Å²) in [5.41, 5.74) is 2.82. The first-order valence-corrected chi connectivity index (χ1v) is 9.10. The molecule has 0 amide bonds. The Morgan fingerprint density at radius 3 is 2.04 bits per heavy atom. The lowest BCUT2D eigenvalue weighted by Crippen LogP contribution is -2.36. The van der Waals surface area contributed by atoms with Crippen molar-refractivity contribution in [1.29, 1.82) is 0 Å². The number of benzene rings is 2. The van der Waals surface area contributed by atoms with Crippen LogP contribution in [0.25, 0.3) is 0 Å². The van der Waals surface area contributed by atoms with E-state index in [2.05, 4.69) is 86.3 Å². The van der Waals surface area contributed by atoms with Crippen molar-refractivity contribution >= 4 is 0 Å². The Kier molecular flexibility index (Phi) is 7.35. The van der Waals surface area contributed by atoms with Crippen LogP contribution in [0.1, 0.15) is 63.6 Å². The van der Waals surface area contributed by atoms with Gasteiger partial charge in [0.15, 0.2) is 0 Å². The molecule has 2 rings (SSSR count). The molecule has 1 nitrogen and oxygen atoms in total. The Balaban J connectivity index is 2.22. The molecule has 2 aromatic carbocycles. The van der Waals surface area contributed by atoms with E-state index in [9.17, 15) is 0 Å². The van der Waals surface area contributed by atoms with Crippen LogP contribution in [0.15, 0.2) is 60.7 Å². The van der Waals surface area contributed by atoms with Crippen molar-refractivity contribution in [3.63, 3.8) is 0 Å². The van der Waals surface area contributed by atoms with E-state index in [4.69, 9.17) is 0 Å². The smallest absolute Gasteiger partial charge is 0.0326 e. The summed E-state index contributed by atoms with van der Waals surface area (Å²) in [6, 6.07) is 22.9. The summed E-state index contributed by atoms with van der Waals surface area (Å²) in [6.45, 7) is 8.00. The van der Waals surface area contributed by atoms with Crippen LogP contribution in [0.2, 0.25) is 0 Å². The number of hydrogen-bond donors (Lipinski definition) is 0. The molecule has 0 spiro atoms. The van der Waals surface area contributed by atoms with Gasteiger partial charge in [-0.1, -0.05) is 87.4 Å². The van der Waals surface area contributed by atoms with Crippen LogP contribution in [-0.2, 0) is 6.54 Å². The Labute approximate surface area is 142 Å². The van der Waals surface area contributed by atoms with Crippen LogP contribution in [0, 0.1) is 0 Å². The highest BCUT2D eigenvalue weighted by Crippen LogP contribution is 2.28. The highest BCUT2D eigenvalue weighted by atomic mass is 15.2. The maximum absolute atomic E-state index is 2.69. The van der Waals surface area contributed by atoms with Gasteiger partial charge < -0.3 is 0 Å². The van der Waals surface area contributed by atoms with Gasteiger partial charge in [0.1, 0.15) is 0 Å². The first-order chi connectivity index (χ1) is 11.3. The molecule has 0 aromatic heterocycles. The van der Waals surface area contributed by atoms with Crippen LogP contribution in [0.3, 0.4) is 0 Å². The summed E-state index contributed by atoms with van der Waals surface area (Å²) >= 11 is 0. The quantitative estimate of drug-likeness (QED) is 0.531. The van der Waals surface area contributed by atoms with Gasteiger partial charge in [-0.15, -0.1) is 0 Å². The van der Waals surface area contributed by atoms with E-state index in [0.29, 0.717) is 12.1 Å². The molecule has 0 heterocycles. The number of nitrogens with zero attached hydrogens (tertiary/aromatic N) is 1. The molecular formula is C22H31N. The van der Waals surface area contributed by atoms with Gasteiger partial charge in [-0.3, -0.25) is 4.90 Å². The Morgan fingerprint density at radius 2 is 1.48 bits per heavy atom. The lowest BCUT2D eigenvalue weighted by Gasteiger charge is -2.37. The molecule has 0 unspecified atom stereocenters. The van der Waals surface area contributed by atoms with E-state index < -0.39 is 0 Å². The molecule has 23 heavy (non-hydrogen) atoms. The maximum Gasteiger partial charge on any atom is 0.0326 e. The van der Waals surface area contributed by atoms with Gasteiger partial charge in [-0.2, -0.15) is 0 Å². The summed E-state index contributed by atoms with van der Waals surface area (Å²) in [5.74, 6) is 0. The molecule has 0 saturated carbocycles. The Bertz CT molecular complexity index is 534. The number of rotatable bonds is 9. The third-order valence-corrected chi connectivity index (χ3v) is 4.82. The SMILES string of the molecule is CCCC[C@@H](CC)N(Cc1ccccc1)[C@@H](C)c1ccccc1. The molecule has 0 aliphatic carbocycles. The summed E-state index contributed by atoms with van der Waals surface area (Å²) in [4.78, 5) is 2.69. The largest absolute Gasteiger partial charge is 0.289 e. The van der Waals surface area contributed by atoms with E-state index in [1.165, 1.54) is 36.8 Å². The van der Waals surface area contributed by atoms with Crippen LogP contribution in [0.5, 0.6) is 0 Å². The number of unbranched alkanes of at least 4 members (excludes halogenated alkanes) is 1. The summed E-state index contributed by atoms with van der Waals surface area (Å²) in [7, 11) is 0. The molecule has 0 radical (unpaired) electrons. The van der Waals surface area contributed by atoms with Gasteiger partial charge in [0.25, 0.3) is 0 Å². The molecule has 0 aliphatic rings. The van der Waals surface area contributed by atoms with E-state index in [0.717, 1.165) is 6.54 Å². The fraction of sp³-hybridized carbons (Fsp3) is 0.455. The van der Waals surface area contributed by atoms with Crippen molar-refractivity contribution in [2.24, 2.45) is 0 Å². The highest BCUT2D eigenvalue weighted by molar-refractivity contribution is 5.20. The molecule has 0 fully saturated rings. The number of hydrogen-bond acceptors (Lipinski definition) is 1. The predicted molar refractivity (Wildman–Crippen MR) is 100 cm³/mol. The first kappa shape index (κ1) is 17.7. The third-order valence-electron chi connectivity index (χ3n) is 4.82. The molecular weight excluding hydrogens is 278 g/mol. The highest BCUT2D eigenvalue weighted by Gasteiger charge is 2.23. The zero-order valence-corrected chi connectivity index (χ0v) is 14.9. The standard InChI is InChI=1S/C22H31N/c1-4-6-17-22(5-2)23(18-20-13-9-7-10-14-20)19(3)21-15-11-8-12-16-21/h7-16,19,22H,4-6,17-18H2,1-3H3/t19-,22+/m0/s1. The van der Waals surface area contributed by atoms with Crippen molar-refractivity contribution in [3.8, 4) is 0 Å². The zero-order chi connectivity index (χ0) is 16.5. The van der Waals surface area contributed by atoms with Crippen molar-refractivity contribution in [3.05, 3.63) is 71.8 Å². The average molecular weight is 309 g/mol. The van der Waals surface area contributed by atoms with E-state index in [-0.39, 0.29) is 0 Å². The van der Waals surface area contributed by atoms with Crippen molar-refractivity contribution < 1.29 is 0 Å². The molecule has 2 atom stereocenters. The molecule has 0 aliphatic heterocycles. The van der Waals surface area contributed by atoms with E-state index >= 15 is 0 Å². The van der Waals surface area contributed by atoms with Crippen molar-refractivity contribution in [2.75, 3.05) is 0 Å². The lowest BCUT2D eigenvalue weighted by molar-refractivity contribution is 0.120. The molecule has 1 heteroatoms. The van der Waals surface area contributed by atoms with Gasteiger partial charge >= 0.3 is 0 Å². The fourth-order valence-electron chi connectivity index (χ4n) is 3.34. The normalized spacial score (nSPS) is 13.9. The van der Waals surface area contributed by atoms with Crippen molar-refractivity contribution in [2.45, 2.75) is 65.1 Å². The van der Waals surface area contributed by atoms with Gasteiger partial charge in [0, 0.05) is 18.6 Å². The molecule has 0 N–H and O–H groups in total. The minimum atomic E-state index is 0.443. The molecule has 2 aromatic rings. The van der Waals surface area contributed by atoms with Crippen LogP contribution >= 0.6 is 0 Å². The minimum absolute atomic E-state index is 0.443. The molecule has 0 saturated heterocycles. The molecule has 0 bridgehead atoms. The van der Waals surface area contributed by atoms with E-state index in [1.54, 1.807) is 0 Å². The van der Waals surface area contributed by atoms with Crippen LogP contribution < -0.4 is 0 Å². The topological polar surface area (TPSA) is 3.24 Å². The second-order valence-electron chi connectivity index (χ2n) is 6.45. The summed E-state index contributed by atoms with van der Waals surface area (Å²) in [5, 5.41) is 0. The van der Waals surface area contributed by atoms with Gasteiger partial charge in [-0.05, 0) is 30.9 Å². The van der Waals surface area contributed by atoms with Crippen LogP contribution in [-0.4, -0.2) is 10.9 Å². The second-order valence-corrected chi connectivity index (χ2v) is 6.45. The monoisotopic (exact) mass is 309 g/mol. The third kappa shape index (κ3) is 5.21. The minimum Gasteiger partial charge on any atom is -0.289 e.